The van der Waals surface area contributed by atoms with Gasteiger partial charge in [0.1, 0.15) is 6.33 Å². The van der Waals surface area contributed by atoms with Gasteiger partial charge < -0.3 is 19.4 Å². The lowest BCUT2D eigenvalue weighted by molar-refractivity contribution is 0.117. The molecule has 1 amide bonds. The predicted molar refractivity (Wildman–Crippen MR) is 131 cm³/mol. The molecule has 176 valence electrons. The van der Waals surface area contributed by atoms with Gasteiger partial charge in [-0.1, -0.05) is 6.58 Å². The van der Waals surface area contributed by atoms with Gasteiger partial charge >= 0.3 is 6.09 Å². The zero-order valence-electron chi connectivity index (χ0n) is 19.4. The maximum absolute atomic E-state index is 12.2. The summed E-state index contributed by atoms with van der Waals surface area (Å²) in [7, 11) is 0. The van der Waals surface area contributed by atoms with Crippen LogP contribution in [0.25, 0.3) is 10.9 Å². The number of nitrogens with zero attached hydrogens (tertiary/aromatic N) is 7. The van der Waals surface area contributed by atoms with Gasteiger partial charge in [-0.3, -0.25) is 0 Å². The molecule has 3 aromatic rings. The maximum Gasteiger partial charge on any atom is 0.414 e. The van der Waals surface area contributed by atoms with Gasteiger partial charge in [0.05, 0.1) is 17.0 Å². The van der Waals surface area contributed by atoms with Crippen molar-refractivity contribution < 1.29 is 9.53 Å². The van der Waals surface area contributed by atoms with E-state index < -0.39 is 0 Å². The van der Waals surface area contributed by atoms with Crippen LogP contribution in [0.15, 0.2) is 55.3 Å². The Morgan fingerprint density at radius 1 is 0.971 bits per heavy atom. The third kappa shape index (κ3) is 4.64. The number of amides is 1. The van der Waals surface area contributed by atoms with E-state index >= 15 is 0 Å². The molecule has 9 heteroatoms. The Balaban J connectivity index is 1.26. The Kier molecular flexibility index (Phi) is 6.24. The minimum absolute atomic E-state index is 0.291. The van der Waals surface area contributed by atoms with Gasteiger partial charge in [-0.05, 0) is 44.0 Å². The molecule has 2 aliphatic heterocycles. The van der Waals surface area contributed by atoms with E-state index in [1.54, 1.807) is 30.5 Å². The fourth-order valence-electron chi connectivity index (χ4n) is 4.76. The second-order valence-electron chi connectivity index (χ2n) is 8.81. The smallest absolute Gasteiger partial charge is 0.414 e. The van der Waals surface area contributed by atoms with Crippen molar-refractivity contribution in [3.63, 3.8) is 0 Å². The van der Waals surface area contributed by atoms with E-state index in [4.69, 9.17) is 4.74 Å². The average Bonchev–Trinajstić information content (AvgIpc) is 2.88. The number of benzene rings is 1. The largest absolute Gasteiger partial charge is 0.416 e. The summed E-state index contributed by atoms with van der Waals surface area (Å²) in [6.45, 7) is 10.2. The molecule has 2 fully saturated rings. The van der Waals surface area contributed by atoms with Crippen molar-refractivity contribution >= 4 is 28.6 Å². The van der Waals surface area contributed by atoms with E-state index in [2.05, 4.69) is 54.5 Å². The number of hydrogen-bond donors (Lipinski definition) is 0. The molecular weight excluding hydrogens is 430 g/mol. The highest BCUT2D eigenvalue weighted by Crippen LogP contribution is 2.33. The number of rotatable bonds is 4. The van der Waals surface area contributed by atoms with E-state index in [1.165, 1.54) is 5.69 Å². The maximum atomic E-state index is 12.2. The molecular formula is C25H29N7O2. The molecule has 0 bridgehead atoms. The van der Waals surface area contributed by atoms with Crippen LogP contribution in [-0.2, 0) is 4.74 Å². The van der Waals surface area contributed by atoms with Crippen molar-refractivity contribution in [2.75, 3.05) is 49.1 Å². The van der Waals surface area contributed by atoms with Gasteiger partial charge in [0.15, 0.2) is 0 Å². The standard InChI is InChI=1S/C25H29N7O2/c1-18(2)34-25(33)32-10-6-19(7-11-32)23-21-5-4-20(16-22(21)28-17-29-23)30-12-14-31(15-13-30)24-26-8-3-9-27-24/h3-5,8-9,16-17,19H,1,6-7,10-15H2,2H3. The SMILES string of the molecule is C=C(C)OC(=O)N1CCC(c2ncnc3cc(N4CCN(c5ncccn5)CC4)ccc23)CC1. The van der Waals surface area contributed by atoms with Gasteiger partial charge in [0.2, 0.25) is 5.95 Å². The van der Waals surface area contributed by atoms with E-state index in [-0.39, 0.29) is 6.09 Å². The number of ether oxygens (including phenoxy) is 1. The van der Waals surface area contributed by atoms with Crippen LogP contribution in [0, 0.1) is 0 Å². The summed E-state index contributed by atoms with van der Waals surface area (Å²) >= 11 is 0. The minimum atomic E-state index is -0.318. The first-order valence-corrected chi connectivity index (χ1v) is 11.7. The van der Waals surface area contributed by atoms with Gasteiger partial charge in [0, 0.05) is 68.7 Å². The highest BCUT2D eigenvalue weighted by molar-refractivity contribution is 5.84. The Morgan fingerprint density at radius 2 is 1.68 bits per heavy atom. The summed E-state index contributed by atoms with van der Waals surface area (Å²) in [6, 6.07) is 8.32. The molecule has 2 aliphatic rings. The number of carbonyl (C=O) groups is 1. The molecule has 0 N–H and O–H groups in total. The normalized spacial score (nSPS) is 17.1. The van der Waals surface area contributed by atoms with Crippen molar-refractivity contribution in [2.24, 2.45) is 0 Å². The number of likely N-dealkylation sites (tertiary alicyclic amines) is 1. The predicted octanol–water partition coefficient (Wildman–Crippen LogP) is 3.60. The lowest BCUT2D eigenvalue weighted by atomic mass is 9.91. The Morgan fingerprint density at radius 3 is 2.38 bits per heavy atom. The molecule has 0 unspecified atom stereocenters. The fraction of sp³-hybridized carbons (Fsp3) is 0.400. The van der Waals surface area contributed by atoms with Crippen LogP contribution in [0.4, 0.5) is 16.4 Å². The van der Waals surface area contributed by atoms with Gasteiger partial charge in [-0.2, -0.15) is 0 Å². The van der Waals surface area contributed by atoms with E-state index in [0.29, 0.717) is 24.8 Å². The highest BCUT2D eigenvalue weighted by Gasteiger charge is 2.27. The molecule has 4 heterocycles. The Hall–Kier alpha value is -3.75. The van der Waals surface area contributed by atoms with Crippen LogP contribution >= 0.6 is 0 Å². The van der Waals surface area contributed by atoms with Crippen LogP contribution < -0.4 is 9.80 Å². The summed E-state index contributed by atoms with van der Waals surface area (Å²) in [4.78, 5) is 36.4. The fourth-order valence-corrected chi connectivity index (χ4v) is 4.76. The number of hydrogen-bond acceptors (Lipinski definition) is 8. The second kappa shape index (κ2) is 9.62. The van der Waals surface area contributed by atoms with Crippen LogP contribution in [0.1, 0.15) is 31.4 Å². The Bertz CT molecular complexity index is 1170. The summed E-state index contributed by atoms with van der Waals surface area (Å²) < 4.78 is 5.16. The number of piperidine rings is 1. The topological polar surface area (TPSA) is 87.6 Å². The van der Waals surface area contributed by atoms with E-state index in [1.807, 2.05) is 6.07 Å². The summed E-state index contributed by atoms with van der Waals surface area (Å²) in [5.41, 5.74) is 3.19. The third-order valence-corrected chi connectivity index (χ3v) is 6.53. The third-order valence-electron chi connectivity index (χ3n) is 6.53. The van der Waals surface area contributed by atoms with Crippen molar-refractivity contribution in [1.29, 1.82) is 0 Å². The van der Waals surface area contributed by atoms with Crippen LogP contribution in [0.3, 0.4) is 0 Å². The van der Waals surface area contributed by atoms with Gasteiger partial charge in [-0.25, -0.2) is 24.7 Å². The molecule has 2 aromatic heterocycles. The first-order chi connectivity index (χ1) is 16.6. The minimum Gasteiger partial charge on any atom is -0.416 e. The number of piperazine rings is 1. The first kappa shape index (κ1) is 22.1. The zero-order valence-corrected chi connectivity index (χ0v) is 19.4. The number of carbonyl (C=O) groups excluding carboxylic acids is 1. The molecule has 0 saturated carbocycles. The van der Waals surface area contributed by atoms with Crippen molar-refractivity contribution in [2.45, 2.75) is 25.7 Å². The zero-order chi connectivity index (χ0) is 23.5. The Labute approximate surface area is 199 Å². The first-order valence-electron chi connectivity index (χ1n) is 11.7. The van der Waals surface area contributed by atoms with Gasteiger partial charge in [0.25, 0.3) is 0 Å². The average molecular weight is 460 g/mol. The van der Waals surface area contributed by atoms with Crippen molar-refractivity contribution in [1.82, 2.24) is 24.8 Å². The van der Waals surface area contributed by atoms with Crippen molar-refractivity contribution in [3.8, 4) is 0 Å². The number of anilines is 2. The highest BCUT2D eigenvalue weighted by atomic mass is 16.6. The lowest BCUT2D eigenvalue weighted by Crippen LogP contribution is -2.47. The van der Waals surface area contributed by atoms with E-state index in [9.17, 15) is 4.79 Å². The molecule has 2 saturated heterocycles. The van der Waals surface area contributed by atoms with Crippen molar-refractivity contribution in [3.05, 3.63) is 61.0 Å². The molecule has 1 aromatic carbocycles. The van der Waals surface area contributed by atoms with E-state index in [0.717, 1.165) is 61.6 Å². The summed E-state index contributed by atoms with van der Waals surface area (Å²) in [5, 5.41) is 1.09. The number of aromatic nitrogens is 4. The quantitative estimate of drug-likeness (QED) is 0.547. The van der Waals surface area contributed by atoms with Crippen LogP contribution in [0.2, 0.25) is 0 Å². The van der Waals surface area contributed by atoms with Crippen LogP contribution in [0.5, 0.6) is 0 Å². The molecule has 0 aliphatic carbocycles. The molecule has 5 rings (SSSR count). The lowest BCUT2D eigenvalue weighted by Gasteiger charge is -2.36. The molecule has 0 spiro atoms. The summed E-state index contributed by atoms with van der Waals surface area (Å²) in [5.74, 6) is 1.50. The number of allylic oxidation sites excluding steroid dienone is 1. The summed E-state index contributed by atoms with van der Waals surface area (Å²) in [6.07, 6.45) is 6.61. The molecule has 0 radical (unpaired) electrons. The van der Waals surface area contributed by atoms with Crippen LogP contribution in [-0.4, -0.2) is 70.2 Å². The second-order valence-corrected chi connectivity index (χ2v) is 8.81. The molecule has 9 nitrogen and oxygen atoms in total. The number of fused-ring (bicyclic) bond motifs is 1. The molecule has 0 atom stereocenters. The van der Waals surface area contributed by atoms with Gasteiger partial charge in [-0.15, -0.1) is 0 Å². The molecule has 34 heavy (non-hydrogen) atoms. The monoisotopic (exact) mass is 459 g/mol.